The van der Waals surface area contributed by atoms with E-state index >= 15 is 0 Å². The average Bonchev–Trinajstić information content (AvgIpc) is 3.00. The molecule has 1 aromatic rings. The summed E-state index contributed by atoms with van der Waals surface area (Å²) in [6, 6.07) is 2.20. The van der Waals surface area contributed by atoms with Crippen molar-refractivity contribution in [3.8, 4) is 6.07 Å². The predicted octanol–water partition coefficient (Wildman–Crippen LogP) is 1.85. The van der Waals surface area contributed by atoms with Crippen LogP contribution in [0.4, 0.5) is 0 Å². The first-order chi connectivity index (χ1) is 7.58. The average molecular weight is 329 g/mol. The summed E-state index contributed by atoms with van der Waals surface area (Å²) in [7, 11) is 0. The topological polar surface area (TPSA) is 58.7 Å². The highest BCUT2D eigenvalue weighted by atomic mass is 127. The molecule has 1 aliphatic carbocycles. The van der Waals surface area contributed by atoms with E-state index in [-0.39, 0.29) is 11.0 Å². The molecule has 0 bridgehead atoms. The summed E-state index contributed by atoms with van der Waals surface area (Å²) >= 11 is 2.03. The van der Waals surface area contributed by atoms with Gasteiger partial charge in [0.1, 0.15) is 0 Å². The standard InChI is InChI=1S/C11H12IN3O/c1-8-9(12)10(16)15(7-14-8)6-11(2-3-11)4-5-13/h7H,2-4,6H2,1H3. The predicted molar refractivity (Wildman–Crippen MR) is 67.8 cm³/mol. The van der Waals surface area contributed by atoms with Gasteiger partial charge in [0, 0.05) is 18.4 Å². The van der Waals surface area contributed by atoms with Gasteiger partial charge in [-0.15, -0.1) is 0 Å². The van der Waals surface area contributed by atoms with Gasteiger partial charge < -0.3 is 0 Å². The van der Waals surface area contributed by atoms with Crippen molar-refractivity contribution in [2.75, 3.05) is 0 Å². The van der Waals surface area contributed by atoms with Crippen molar-refractivity contribution in [3.05, 3.63) is 25.9 Å². The van der Waals surface area contributed by atoms with Crippen LogP contribution in [-0.2, 0) is 6.54 Å². The minimum Gasteiger partial charge on any atom is -0.298 e. The summed E-state index contributed by atoms with van der Waals surface area (Å²) in [5.74, 6) is 0. The summed E-state index contributed by atoms with van der Waals surface area (Å²) in [5.41, 5.74) is 0.822. The fourth-order valence-corrected chi connectivity index (χ4v) is 2.20. The van der Waals surface area contributed by atoms with E-state index in [1.807, 2.05) is 29.5 Å². The van der Waals surface area contributed by atoms with E-state index in [1.165, 1.54) is 0 Å². The lowest BCUT2D eigenvalue weighted by Gasteiger charge is -2.13. The van der Waals surface area contributed by atoms with Crippen molar-refractivity contribution in [1.82, 2.24) is 9.55 Å². The third-order valence-corrected chi connectivity index (χ3v) is 4.32. The summed E-state index contributed by atoms with van der Waals surface area (Å²) in [6.45, 7) is 2.46. The molecule has 0 unspecified atom stereocenters. The van der Waals surface area contributed by atoms with Crippen LogP contribution < -0.4 is 5.56 Å². The zero-order valence-corrected chi connectivity index (χ0v) is 11.2. The first-order valence-electron chi connectivity index (χ1n) is 5.16. The van der Waals surface area contributed by atoms with Crippen molar-refractivity contribution >= 4 is 22.6 Å². The first kappa shape index (κ1) is 11.6. The Kier molecular flexibility index (Phi) is 3.02. The summed E-state index contributed by atoms with van der Waals surface area (Å²) in [4.78, 5) is 16.1. The minimum absolute atomic E-state index is 0.0114. The van der Waals surface area contributed by atoms with Crippen molar-refractivity contribution in [2.45, 2.75) is 32.7 Å². The maximum atomic E-state index is 11.9. The van der Waals surface area contributed by atoms with E-state index in [2.05, 4.69) is 11.1 Å². The molecule has 0 saturated heterocycles. The van der Waals surface area contributed by atoms with Crippen LogP contribution in [-0.4, -0.2) is 9.55 Å². The van der Waals surface area contributed by atoms with Gasteiger partial charge in [0.15, 0.2) is 0 Å². The van der Waals surface area contributed by atoms with Gasteiger partial charge in [0.2, 0.25) is 0 Å². The number of hydrogen-bond acceptors (Lipinski definition) is 3. The highest BCUT2D eigenvalue weighted by Crippen LogP contribution is 2.49. The molecule has 0 spiro atoms. The zero-order valence-electron chi connectivity index (χ0n) is 9.03. The van der Waals surface area contributed by atoms with Crippen LogP contribution >= 0.6 is 22.6 Å². The monoisotopic (exact) mass is 329 g/mol. The second-order valence-electron chi connectivity index (χ2n) is 4.41. The lowest BCUT2D eigenvalue weighted by Crippen LogP contribution is -2.27. The number of nitriles is 1. The molecule has 1 aromatic heterocycles. The van der Waals surface area contributed by atoms with E-state index in [4.69, 9.17) is 5.26 Å². The van der Waals surface area contributed by atoms with Gasteiger partial charge >= 0.3 is 0 Å². The Morgan fingerprint density at radius 3 is 2.94 bits per heavy atom. The fraction of sp³-hybridized carbons (Fsp3) is 0.545. The normalized spacial score (nSPS) is 16.8. The second-order valence-corrected chi connectivity index (χ2v) is 5.49. The maximum absolute atomic E-state index is 11.9. The minimum atomic E-state index is 0.0114. The van der Waals surface area contributed by atoms with Crippen molar-refractivity contribution in [3.63, 3.8) is 0 Å². The Bertz CT molecular complexity index is 511. The van der Waals surface area contributed by atoms with Crippen LogP contribution in [0.2, 0.25) is 0 Å². The van der Waals surface area contributed by atoms with Crippen LogP contribution in [0.5, 0.6) is 0 Å². The van der Waals surface area contributed by atoms with Crippen molar-refractivity contribution < 1.29 is 0 Å². The lowest BCUT2D eigenvalue weighted by atomic mass is 10.0. The number of hydrogen-bond donors (Lipinski definition) is 0. The molecular formula is C11H12IN3O. The SMILES string of the molecule is Cc1ncn(CC2(CC#N)CC2)c(=O)c1I. The number of halogens is 1. The molecule has 16 heavy (non-hydrogen) atoms. The number of aromatic nitrogens is 2. The molecule has 4 nitrogen and oxygen atoms in total. The highest BCUT2D eigenvalue weighted by Gasteiger charge is 2.42. The molecule has 0 aliphatic heterocycles. The molecule has 84 valence electrons. The van der Waals surface area contributed by atoms with E-state index in [0.717, 1.165) is 18.5 Å². The third kappa shape index (κ3) is 2.12. The fourth-order valence-electron chi connectivity index (χ4n) is 1.76. The van der Waals surface area contributed by atoms with E-state index in [1.54, 1.807) is 10.9 Å². The molecule has 1 aliphatic rings. The zero-order chi connectivity index (χ0) is 11.8. The van der Waals surface area contributed by atoms with Gasteiger partial charge in [-0.25, -0.2) is 4.98 Å². The molecule has 0 amide bonds. The van der Waals surface area contributed by atoms with Gasteiger partial charge in [0.25, 0.3) is 5.56 Å². The second kappa shape index (κ2) is 4.17. The van der Waals surface area contributed by atoms with Gasteiger partial charge in [-0.3, -0.25) is 9.36 Å². The molecule has 0 aromatic carbocycles. The molecule has 1 saturated carbocycles. The Morgan fingerprint density at radius 1 is 1.69 bits per heavy atom. The van der Waals surface area contributed by atoms with Crippen LogP contribution in [0.25, 0.3) is 0 Å². The van der Waals surface area contributed by atoms with Gasteiger partial charge in [0.05, 0.1) is 21.7 Å². The van der Waals surface area contributed by atoms with E-state index in [9.17, 15) is 4.79 Å². The molecular weight excluding hydrogens is 317 g/mol. The number of aryl methyl sites for hydroxylation is 1. The van der Waals surface area contributed by atoms with Crippen molar-refractivity contribution in [2.24, 2.45) is 5.41 Å². The summed E-state index contributed by atoms with van der Waals surface area (Å²) in [6.07, 6.45) is 4.20. The smallest absolute Gasteiger partial charge is 0.267 e. The number of nitrogens with zero attached hydrogens (tertiary/aromatic N) is 3. The Hall–Kier alpha value is -0.900. The van der Waals surface area contributed by atoms with Crippen LogP contribution in [0, 0.1) is 27.2 Å². The Labute approximate surface area is 107 Å². The first-order valence-corrected chi connectivity index (χ1v) is 6.24. The Morgan fingerprint density at radius 2 is 2.38 bits per heavy atom. The highest BCUT2D eigenvalue weighted by molar-refractivity contribution is 14.1. The van der Waals surface area contributed by atoms with Crippen LogP contribution in [0.1, 0.15) is 25.0 Å². The summed E-state index contributed by atoms with van der Waals surface area (Å²) < 4.78 is 2.31. The number of rotatable bonds is 3. The molecule has 2 rings (SSSR count). The van der Waals surface area contributed by atoms with E-state index < -0.39 is 0 Å². The molecule has 0 N–H and O–H groups in total. The van der Waals surface area contributed by atoms with Gasteiger partial charge in [-0.1, -0.05) is 0 Å². The molecule has 0 radical (unpaired) electrons. The third-order valence-electron chi connectivity index (χ3n) is 3.07. The quantitative estimate of drug-likeness (QED) is 0.795. The Balaban J connectivity index is 2.27. The largest absolute Gasteiger partial charge is 0.298 e. The molecule has 1 heterocycles. The maximum Gasteiger partial charge on any atom is 0.267 e. The molecule has 0 atom stereocenters. The van der Waals surface area contributed by atoms with E-state index in [0.29, 0.717) is 16.5 Å². The lowest BCUT2D eigenvalue weighted by molar-refractivity contribution is 0.418. The molecule has 1 fully saturated rings. The van der Waals surface area contributed by atoms with Gasteiger partial charge in [-0.05, 0) is 42.4 Å². The van der Waals surface area contributed by atoms with Gasteiger partial charge in [-0.2, -0.15) is 5.26 Å². The van der Waals surface area contributed by atoms with Crippen molar-refractivity contribution in [1.29, 1.82) is 5.26 Å². The molecule has 5 heteroatoms. The summed E-state index contributed by atoms with van der Waals surface area (Å²) in [5, 5.41) is 8.73. The van der Waals surface area contributed by atoms with Crippen LogP contribution in [0.3, 0.4) is 0 Å². The van der Waals surface area contributed by atoms with Crippen LogP contribution in [0.15, 0.2) is 11.1 Å².